The minimum Gasteiger partial charge on any atom is -0.497 e. The molecule has 4 aromatic heterocycles. The lowest BCUT2D eigenvalue weighted by Gasteiger charge is -2.24. The van der Waals surface area contributed by atoms with Gasteiger partial charge in [-0.2, -0.15) is 10.2 Å². The number of nitrogens with one attached hydrogen (secondary N) is 5. The summed E-state index contributed by atoms with van der Waals surface area (Å²) in [5.74, 6) is 1.73. The van der Waals surface area contributed by atoms with E-state index < -0.39 is 0 Å². The largest absolute Gasteiger partial charge is 0.497 e. The monoisotopic (exact) mass is 795 g/mol. The maximum absolute atomic E-state index is 12.9. The Morgan fingerprint density at radius 3 is 2.00 bits per heavy atom. The number of carbonyl (C=O) groups is 2. The molecular weight excluding hydrogens is 742 g/mol. The number of hydrogen-bond donors (Lipinski definition) is 6. The molecule has 0 saturated carbocycles. The molecule has 4 heterocycles. The summed E-state index contributed by atoms with van der Waals surface area (Å²) in [5.41, 5.74) is 5.50. The number of anilines is 2. The fourth-order valence-corrected chi connectivity index (χ4v) is 5.23. The van der Waals surface area contributed by atoms with Gasteiger partial charge in [0.1, 0.15) is 17.4 Å². The Hall–Kier alpha value is -6.65. The van der Waals surface area contributed by atoms with Crippen LogP contribution < -0.4 is 20.7 Å². The average Bonchev–Trinajstić information content (AvgIpc) is 3.95. The second-order valence-corrected chi connectivity index (χ2v) is 12.5. The number of aliphatic hydroxyl groups excluding tert-OH is 1. The van der Waals surface area contributed by atoms with Gasteiger partial charge in [0.05, 0.1) is 24.5 Å². The molecule has 6 aromatic rings. The van der Waals surface area contributed by atoms with Gasteiger partial charge in [-0.3, -0.25) is 30.3 Å². The van der Waals surface area contributed by atoms with E-state index in [1.807, 2.05) is 101 Å². The highest BCUT2D eigenvalue weighted by Gasteiger charge is 2.17. The minimum atomic E-state index is -0.349. The van der Waals surface area contributed by atoms with Crippen LogP contribution in [0.15, 0.2) is 110 Å². The maximum Gasteiger partial charge on any atom is 0.323 e. The lowest BCUT2D eigenvalue weighted by Crippen LogP contribution is -2.39. The lowest BCUT2D eigenvalue weighted by atomic mass is 10.0. The number of likely N-dealkylation sites (N-methyl/N-ethyl adjacent to an activating group) is 1. The van der Waals surface area contributed by atoms with Gasteiger partial charge in [0, 0.05) is 81.3 Å². The number of nitrogens with zero attached hydrogens (tertiary/aromatic N) is 6. The van der Waals surface area contributed by atoms with E-state index in [4.69, 9.17) is 9.84 Å². The molecule has 0 aliphatic heterocycles. The fraction of sp³-hybridized carbons (Fsp3) is 0.286. The second kappa shape index (κ2) is 25.5. The number of amides is 3. The van der Waals surface area contributed by atoms with Gasteiger partial charge in [0.2, 0.25) is 6.41 Å². The molecule has 1 unspecified atom stereocenters. The first-order chi connectivity index (χ1) is 28.2. The number of methoxy groups -OCH3 is 1. The molecule has 16 heteroatoms. The zero-order valence-corrected chi connectivity index (χ0v) is 33.8. The van der Waals surface area contributed by atoms with E-state index in [0.717, 1.165) is 46.2 Å². The van der Waals surface area contributed by atoms with Gasteiger partial charge >= 0.3 is 6.03 Å². The van der Waals surface area contributed by atoms with E-state index in [9.17, 15) is 14.0 Å². The number of H-pyrrole nitrogens is 2. The molecule has 15 nitrogen and oxygen atoms in total. The molecule has 0 spiro atoms. The van der Waals surface area contributed by atoms with Crippen molar-refractivity contribution in [1.29, 1.82) is 0 Å². The number of urea groups is 1. The molecule has 0 aliphatic rings. The molecule has 2 aromatic carbocycles. The van der Waals surface area contributed by atoms with Crippen LogP contribution in [0.25, 0.3) is 22.5 Å². The molecule has 308 valence electrons. The van der Waals surface area contributed by atoms with Gasteiger partial charge in [0.15, 0.2) is 5.82 Å². The topological polar surface area (TPSA) is 189 Å². The molecule has 6 N–H and O–H groups in total. The number of rotatable bonds is 15. The number of benzene rings is 2. The first-order valence-electron chi connectivity index (χ1n) is 18.7. The highest BCUT2D eigenvalue weighted by atomic mass is 19.1. The highest BCUT2D eigenvalue weighted by Crippen LogP contribution is 2.21. The molecule has 0 fully saturated rings. The van der Waals surface area contributed by atoms with Crippen LogP contribution in [0.2, 0.25) is 0 Å². The first-order valence-corrected chi connectivity index (χ1v) is 18.7. The molecule has 6 rings (SSSR count). The number of halogens is 1. The highest BCUT2D eigenvalue weighted by molar-refractivity contribution is 5.89. The zero-order valence-electron chi connectivity index (χ0n) is 33.8. The predicted molar refractivity (Wildman–Crippen MR) is 226 cm³/mol. The van der Waals surface area contributed by atoms with Crippen molar-refractivity contribution in [1.82, 2.24) is 45.5 Å². The van der Waals surface area contributed by atoms with Crippen LogP contribution in [0.5, 0.6) is 5.75 Å². The smallest absolute Gasteiger partial charge is 0.323 e. The molecule has 0 aliphatic carbocycles. The number of aliphatic hydroxyl groups is 1. The van der Waals surface area contributed by atoms with Gasteiger partial charge in [-0.25, -0.2) is 9.18 Å². The SMILES string of the molecule is CC.CNc1cc(-c2ccncc2)[nH]n1.COc1cccc(CN(CCN(C)C)C(=O)Nc2cc(-c3ccncc3)[nH]n2)c1.O=CNC(CCO)c1cccc(F)c1. The summed E-state index contributed by atoms with van der Waals surface area (Å²) in [7, 11) is 7.44. The predicted octanol–water partition coefficient (Wildman–Crippen LogP) is 6.61. The van der Waals surface area contributed by atoms with Gasteiger partial charge in [-0.1, -0.05) is 38.1 Å². The summed E-state index contributed by atoms with van der Waals surface area (Å²) in [6, 6.07) is 24.5. The third-order valence-corrected chi connectivity index (χ3v) is 8.18. The van der Waals surface area contributed by atoms with E-state index in [-0.39, 0.29) is 24.5 Å². The Kier molecular flexibility index (Phi) is 20.1. The standard InChI is InChI=1S/C21H26N6O2.C10H12FNO2.C9H10N4.C2H6/c1-26(2)11-12-27(15-16-5-4-6-18(13-16)29-3)21(28)23-20-14-19(24-25-20)17-7-9-22-10-8-17;11-9-3-1-2-8(6-9)10(4-5-13)12-7-14;1-10-9-6-8(12-13-9)7-2-4-11-5-3-7;1-2/h4-10,13-14H,11-12,15H2,1-3H3,(H2,23,24,25,28);1-3,6-7,10,13H,4-5H2,(H,12,14);2-6H,1H3,(H2,10,12,13);1-2H3. The van der Waals surface area contributed by atoms with E-state index in [0.29, 0.717) is 37.3 Å². The van der Waals surface area contributed by atoms with Gasteiger partial charge in [0.25, 0.3) is 0 Å². The first kappa shape index (κ1) is 45.7. The van der Waals surface area contributed by atoms with Crippen molar-refractivity contribution >= 4 is 24.1 Å². The van der Waals surface area contributed by atoms with Gasteiger partial charge in [-0.15, -0.1) is 0 Å². The number of hydrogen-bond acceptors (Lipinski definition) is 10. The quantitative estimate of drug-likeness (QED) is 0.0617. The lowest BCUT2D eigenvalue weighted by molar-refractivity contribution is -0.110. The number of aromatic nitrogens is 6. The molecular formula is C42H54FN11O4. The zero-order chi connectivity index (χ0) is 42.1. The second-order valence-electron chi connectivity index (χ2n) is 12.5. The van der Waals surface area contributed by atoms with Crippen LogP contribution in [0.3, 0.4) is 0 Å². The Balaban J connectivity index is 0.000000257. The normalized spacial score (nSPS) is 10.6. The summed E-state index contributed by atoms with van der Waals surface area (Å²) in [6.45, 7) is 5.75. The van der Waals surface area contributed by atoms with Crippen molar-refractivity contribution in [3.63, 3.8) is 0 Å². The van der Waals surface area contributed by atoms with E-state index >= 15 is 0 Å². The average molecular weight is 796 g/mol. The minimum absolute atomic E-state index is 0.0536. The van der Waals surface area contributed by atoms with Gasteiger partial charge in [-0.05, 0) is 80.2 Å². The number of carbonyl (C=O) groups excluding carboxylic acids is 2. The van der Waals surface area contributed by atoms with E-state index in [1.54, 1.807) is 48.9 Å². The summed E-state index contributed by atoms with van der Waals surface area (Å²) < 4.78 is 18.1. The Morgan fingerprint density at radius 2 is 1.47 bits per heavy atom. The summed E-state index contributed by atoms with van der Waals surface area (Å²) in [6.07, 6.45) is 7.87. The summed E-state index contributed by atoms with van der Waals surface area (Å²) in [5, 5.41) is 31.3. The van der Waals surface area contributed by atoms with E-state index in [1.165, 1.54) is 12.1 Å². The van der Waals surface area contributed by atoms with Crippen molar-refractivity contribution < 1.29 is 23.8 Å². The molecule has 0 radical (unpaired) electrons. The van der Waals surface area contributed by atoms with E-state index in [2.05, 4.69) is 46.3 Å². The molecule has 3 amide bonds. The third kappa shape index (κ3) is 15.5. The Morgan fingerprint density at radius 1 is 0.862 bits per heavy atom. The molecule has 0 bridgehead atoms. The van der Waals surface area contributed by atoms with Crippen LogP contribution in [0.4, 0.5) is 20.8 Å². The number of ether oxygens (including phenoxy) is 1. The number of aromatic amines is 2. The van der Waals surface area contributed by atoms with Crippen LogP contribution in [-0.2, 0) is 11.3 Å². The number of pyridine rings is 2. The summed E-state index contributed by atoms with van der Waals surface area (Å²) in [4.78, 5) is 35.0. The Bertz CT molecular complexity index is 2050. The van der Waals surface area contributed by atoms with Crippen molar-refractivity contribution in [3.8, 4) is 28.3 Å². The molecule has 0 saturated heterocycles. The van der Waals surface area contributed by atoms with Crippen LogP contribution >= 0.6 is 0 Å². The fourth-order valence-electron chi connectivity index (χ4n) is 5.23. The third-order valence-electron chi connectivity index (χ3n) is 8.18. The van der Waals surface area contributed by atoms with Crippen molar-refractivity contribution in [2.45, 2.75) is 32.9 Å². The van der Waals surface area contributed by atoms with Crippen molar-refractivity contribution in [3.05, 3.63) is 127 Å². The van der Waals surface area contributed by atoms with Crippen LogP contribution in [0.1, 0.15) is 37.4 Å². The van der Waals surface area contributed by atoms with Crippen LogP contribution in [-0.4, -0.2) is 106 Å². The summed E-state index contributed by atoms with van der Waals surface area (Å²) >= 11 is 0. The molecule has 58 heavy (non-hydrogen) atoms. The Labute approximate surface area is 339 Å². The van der Waals surface area contributed by atoms with Crippen LogP contribution in [0, 0.1) is 5.82 Å². The molecule has 1 atom stereocenters. The van der Waals surface area contributed by atoms with Gasteiger partial charge < -0.3 is 30.3 Å². The maximum atomic E-state index is 12.9. The van der Waals surface area contributed by atoms with Crippen molar-refractivity contribution in [2.24, 2.45) is 0 Å². The van der Waals surface area contributed by atoms with Crippen molar-refractivity contribution in [2.75, 3.05) is 58.6 Å².